The SMILES string of the molecule is CCCC.CCOC(C)OCC.O=C(c1ccccc1)C(O)c1ccccc1. The minimum absolute atomic E-state index is 0.0370. The van der Waals surface area contributed by atoms with E-state index in [-0.39, 0.29) is 12.1 Å². The van der Waals surface area contributed by atoms with Gasteiger partial charge in [0.05, 0.1) is 0 Å². The number of hydrogen-bond acceptors (Lipinski definition) is 4. The van der Waals surface area contributed by atoms with Crippen molar-refractivity contribution in [2.45, 2.75) is 59.9 Å². The Morgan fingerprint density at radius 2 is 1.25 bits per heavy atom. The molecular formula is C24H36O4. The van der Waals surface area contributed by atoms with Crippen molar-refractivity contribution in [3.63, 3.8) is 0 Å². The van der Waals surface area contributed by atoms with Gasteiger partial charge in [0.1, 0.15) is 6.10 Å². The smallest absolute Gasteiger partial charge is 0.195 e. The predicted octanol–water partition coefficient (Wildman–Crippen LogP) is 5.81. The molecule has 1 atom stereocenters. The molecule has 0 radical (unpaired) electrons. The number of benzene rings is 2. The van der Waals surface area contributed by atoms with Crippen molar-refractivity contribution in [3.05, 3.63) is 71.8 Å². The van der Waals surface area contributed by atoms with Crippen molar-refractivity contribution < 1.29 is 19.4 Å². The largest absolute Gasteiger partial charge is 0.380 e. The van der Waals surface area contributed by atoms with Crippen LogP contribution in [-0.2, 0) is 9.47 Å². The molecule has 28 heavy (non-hydrogen) atoms. The van der Waals surface area contributed by atoms with Gasteiger partial charge in [-0.3, -0.25) is 4.79 Å². The summed E-state index contributed by atoms with van der Waals surface area (Å²) in [5.41, 5.74) is 1.15. The van der Waals surface area contributed by atoms with Crippen molar-refractivity contribution in [1.82, 2.24) is 0 Å². The van der Waals surface area contributed by atoms with E-state index in [1.807, 2.05) is 32.9 Å². The van der Waals surface area contributed by atoms with Crippen LogP contribution in [0, 0.1) is 0 Å². The highest BCUT2D eigenvalue weighted by atomic mass is 16.7. The molecule has 0 saturated heterocycles. The molecular weight excluding hydrogens is 352 g/mol. The molecule has 1 unspecified atom stereocenters. The molecule has 0 aliphatic heterocycles. The van der Waals surface area contributed by atoms with Crippen LogP contribution in [0.1, 0.15) is 69.5 Å². The summed E-state index contributed by atoms with van der Waals surface area (Å²) in [6, 6.07) is 17.7. The van der Waals surface area contributed by atoms with Crippen molar-refractivity contribution in [2.75, 3.05) is 13.2 Å². The molecule has 0 fully saturated rings. The van der Waals surface area contributed by atoms with Crippen LogP contribution in [0.2, 0.25) is 0 Å². The van der Waals surface area contributed by atoms with Crippen LogP contribution < -0.4 is 0 Å². The average Bonchev–Trinajstić information content (AvgIpc) is 2.75. The fourth-order valence-corrected chi connectivity index (χ4v) is 2.06. The first kappa shape index (κ1) is 26.0. The third kappa shape index (κ3) is 11.7. The lowest BCUT2D eigenvalue weighted by Crippen LogP contribution is -2.11. The standard InChI is InChI=1S/C14H12O2.C6H14O2.C4H10/c15-13(11-7-3-1-4-8-11)14(16)12-9-5-2-6-10-12;1-4-7-6(3)8-5-2;1-3-4-2/h1-10,13,15H;6H,4-5H2,1-3H3;3-4H2,1-2H3. The first-order valence-corrected chi connectivity index (χ1v) is 10.1. The maximum absolute atomic E-state index is 11.9. The second-order valence-corrected chi connectivity index (χ2v) is 6.02. The lowest BCUT2D eigenvalue weighted by molar-refractivity contribution is -0.123. The van der Waals surface area contributed by atoms with Gasteiger partial charge in [-0.15, -0.1) is 0 Å². The van der Waals surface area contributed by atoms with Gasteiger partial charge >= 0.3 is 0 Å². The van der Waals surface area contributed by atoms with Gasteiger partial charge in [-0.25, -0.2) is 0 Å². The molecule has 0 amide bonds. The highest BCUT2D eigenvalue weighted by molar-refractivity contribution is 5.99. The van der Waals surface area contributed by atoms with Gasteiger partial charge in [-0.1, -0.05) is 87.4 Å². The Morgan fingerprint density at radius 1 is 0.821 bits per heavy atom. The summed E-state index contributed by atoms with van der Waals surface area (Å²) in [5.74, 6) is -0.271. The number of aliphatic hydroxyl groups excluding tert-OH is 1. The molecule has 0 aromatic heterocycles. The van der Waals surface area contributed by atoms with E-state index in [2.05, 4.69) is 13.8 Å². The fraction of sp³-hybridized carbons (Fsp3) is 0.458. The summed E-state index contributed by atoms with van der Waals surface area (Å²) < 4.78 is 10.1. The minimum atomic E-state index is -1.08. The number of Topliss-reactive ketones (excluding diaryl/α,β-unsaturated/α-hetero) is 1. The fourth-order valence-electron chi connectivity index (χ4n) is 2.06. The van der Waals surface area contributed by atoms with E-state index >= 15 is 0 Å². The van der Waals surface area contributed by atoms with Crippen molar-refractivity contribution in [2.24, 2.45) is 0 Å². The molecule has 2 aromatic rings. The summed E-state index contributed by atoms with van der Waals surface area (Å²) in [4.78, 5) is 11.9. The molecule has 0 bridgehead atoms. The number of aliphatic hydroxyl groups is 1. The highest BCUT2D eigenvalue weighted by Crippen LogP contribution is 2.17. The molecule has 4 heteroatoms. The molecule has 0 saturated carbocycles. The summed E-state index contributed by atoms with van der Waals surface area (Å²) in [6.07, 6.45) is 1.52. The van der Waals surface area contributed by atoms with E-state index in [0.717, 1.165) is 13.2 Å². The Labute approximate surface area is 170 Å². The van der Waals surface area contributed by atoms with Gasteiger partial charge in [0.2, 0.25) is 0 Å². The molecule has 156 valence electrons. The molecule has 0 heterocycles. The predicted molar refractivity (Wildman–Crippen MR) is 115 cm³/mol. The highest BCUT2D eigenvalue weighted by Gasteiger charge is 2.18. The molecule has 2 aromatic carbocycles. The zero-order valence-corrected chi connectivity index (χ0v) is 17.9. The van der Waals surface area contributed by atoms with Gasteiger partial charge in [-0.2, -0.15) is 0 Å². The quantitative estimate of drug-likeness (QED) is 0.458. The lowest BCUT2D eigenvalue weighted by atomic mass is 10.0. The maximum Gasteiger partial charge on any atom is 0.195 e. The van der Waals surface area contributed by atoms with Crippen molar-refractivity contribution in [1.29, 1.82) is 0 Å². The Balaban J connectivity index is 0.000000511. The maximum atomic E-state index is 11.9. The molecule has 0 spiro atoms. The third-order valence-electron chi connectivity index (χ3n) is 3.72. The van der Waals surface area contributed by atoms with Crippen LogP contribution in [0.15, 0.2) is 60.7 Å². The van der Waals surface area contributed by atoms with E-state index in [0.29, 0.717) is 11.1 Å². The Kier molecular flexibility index (Phi) is 15.9. The molecule has 0 aliphatic rings. The van der Waals surface area contributed by atoms with Crippen LogP contribution in [-0.4, -0.2) is 30.4 Å². The number of ketones is 1. The number of hydrogen-bond donors (Lipinski definition) is 1. The van der Waals surface area contributed by atoms with Gasteiger partial charge in [0.15, 0.2) is 12.1 Å². The zero-order valence-electron chi connectivity index (χ0n) is 17.9. The normalized spacial score (nSPS) is 11.0. The van der Waals surface area contributed by atoms with Crippen LogP contribution >= 0.6 is 0 Å². The van der Waals surface area contributed by atoms with Crippen LogP contribution in [0.3, 0.4) is 0 Å². The van der Waals surface area contributed by atoms with Crippen LogP contribution in [0.25, 0.3) is 0 Å². The number of unbranched alkanes of at least 4 members (excludes halogenated alkanes) is 1. The minimum Gasteiger partial charge on any atom is -0.380 e. The Hall–Kier alpha value is -2.01. The second-order valence-electron chi connectivity index (χ2n) is 6.02. The molecule has 2 rings (SSSR count). The van der Waals surface area contributed by atoms with Crippen molar-refractivity contribution in [3.8, 4) is 0 Å². The zero-order chi connectivity index (χ0) is 21.2. The van der Waals surface area contributed by atoms with Gasteiger partial charge in [0.25, 0.3) is 0 Å². The van der Waals surface area contributed by atoms with Gasteiger partial charge in [-0.05, 0) is 26.3 Å². The lowest BCUT2D eigenvalue weighted by Gasteiger charge is -2.09. The molecule has 0 aliphatic carbocycles. The van der Waals surface area contributed by atoms with E-state index in [4.69, 9.17) is 9.47 Å². The molecule has 4 nitrogen and oxygen atoms in total. The van der Waals surface area contributed by atoms with E-state index in [9.17, 15) is 9.90 Å². The summed E-state index contributed by atoms with van der Waals surface area (Å²) in [6.45, 7) is 11.6. The van der Waals surface area contributed by atoms with Gasteiger partial charge < -0.3 is 14.6 Å². The number of carbonyl (C=O) groups excluding carboxylic acids is 1. The van der Waals surface area contributed by atoms with Crippen molar-refractivity contribution >= 4 is 5.78 Å². The topological polar surface area (TPSA) is 55.8 Å². The van der Waals surface area contributed by atoms with Crippen LogP contribution in [0.5, 0.6) is 0 Å². The number of ether oxygens (including phenoxy) is 2. The summed E-state index contributed by atoms with van der Waals surface area (Å²) in [5, 5.41) is 9.89. The average molecular weight is 389 g/mol. The van der Waals surface area contributed by atoms with E-state index in [1.165, 1.54) is 12.8 Å². The van der Waals surface area contributed by atoms with E-state index in [1.54, 1.807) is 48.5 Å². The van der Waals surface area contributed by atoms with Crippen LogP contribution in [0.4, 0.5) is 0 Å². The first-order valence-electron chi connectivity index (χ1n) is 10.1. The number of rotatable bonds is 8. The Bertz CT molecular complexity index is 591. The van der Waals surface area contributed by atoms with Gasteiger partial charge in [0, 0.05) is 18.8 Å². The summed E-state index contributed by atoms with van der Waals surface area (Å²) in [7, 11) is 0. The second kappa shape index (κ2) is 17.1. The van der Waals surface area contributed by atoms with E-state index < -0.39 is 6.10 Å². The molecule has 1 N–H and O–H groups in total. The number of carbonyl (C=O) groups is 1. The monoisotopic (exact) mass is 388 g/mol. The third-order valence-corrected chi connectivity index (χ3v) is 3.72. The first-order chi connectivity index (χ1) is 13.5. The summed E-state index contributed by atoms with van der Waals surface area (Å²) >= 11 is 0. The Morgan fingerprint density at radius 3 is 1.64 bits per heavy atom.